The van der Waals surface area contributed by atoms with Gasteiger partial charge in [-0.15, -0.1) is 0 Å². The molecule has 1 aliphatic carbocycles. The second kappa shape index (κ2) is 4.20. The number of rotatable bonds is 0. The predicted molar refractivity (Wildman–Crippen MR) is 72.4 cm³/mol. The van der Waals surface area contributed by atoms with Crippen molar-refractivity contribution in [2.24, 2.45) is 0 Å². The molecule has 1 aromatic carbocycles. The van der Waals surface area contributed by atoms with Gasteiger partial charge < -0.3 is 15.6 Å². The number of hydrogen-bond acceptors (Lipinski definition) is 4. The second-order valence-electron chi connectivity index (χ2n) is 5.12. The zero-order chi connectivity index (χ0) is 13.6. The van der Waals surface area contributed by atoms with Gasteiger partial charge in [0.05, 0.1) is 22.0 Å². The van der Waals surface area contributed by atoms with Crippen molar-refractivity contribution < 1.29 is 14.6 Å². The monoisotopic (exact) mass is 282 g/mol. The Morgan fingerprint density at radius 3 is 2.74 bits per heavy atom. The number of ether oxygens (including phenoxy) is 1. The average molecular weight is 283 g/mol. The topological polar surface area (TPSA) is 84.6 Å². The first-order valence-corrected chi connectivity index (χ1v) is 6.73. The van der Waals surface area contributed by atoms with E-state index >= 15 is 0 Å². The van der Waals surface area contributed by atoms with Crippen molar-refractivity contribution in [3.8, 4) is 5.75 Å². The lowest BCUT2D eigenvalue weighted by atomic mass is 9.77. The number of carbonyl (C=O) groups excluding carboxylic acids is 1. The molecule has 0 unspecified atom stereocenters. The molecule has 1 saturated carbocycles. The molecule has 1 amide bonds. The fraction of sp³-hybridized carbons (Fsp3) is 0.462. The number of nitrogen functional groups attached to an aromatic ring is 1. The molecule has 19 heavy (non-hydrogen) atoms. The number of fused-ring (bicyclic) bond motifs is 2. The predicted octanol–water partition coefficient (Wildman–Crippen LogP) is 3.35. The highest BCUT2D eigenvalue weighted by Gasteiger charge is 2.46. The molecule has 2 aliphatic rings. The third-order valence-electron chi connectivity index (χ3n) is 3.91. The van der Waals surface area contributed by atoms with E-state index in [0.29, 0.717) is 29.1 Å². The Bertz CT molecular complexity index is 553. The molecule has 1 spiro atoms. The van der Waals surface area contributed by atoms with E-state index in [1.54, 1.807) is 0 Å². The van der Waals surface area contributed by atoms with Gasteiger partial charge in [-0.2, -0.15) is 0 Å². The number of hydrogen-bond donors (Lipinski definition) is 3. The van der Waals surface area contributed by atoms with Gasteiger partial charge in [-0.05, 0) is 31.7 Å². The lowest BCUT2D eigenvalue weighted by Gasteiger charge is -2.41. The summed E-state index contributed by atoms with van der Waals surface area (Å²) in [5.41, 5.74) is 6.12. The van der Waals surface area contributed by atoms with Crippen molar-refractivity contribution >= 4 is 29.1 Å². The molecular weight excluding hydrogens is 268 g/mol. The largest absolute Gasteiger partial charge is 0.505 e. The first kappa shape index (κ1) is 12.4. The number of amides is 1. The first-order chi connectivity index (χ1) is 9.03. The Hall–Kier alpha value is -1.62. The van der Waals surface area contributed by atoms with Crippen LogP contribution in [0.2, 0.25) is 5.02 Å². The average Bonchev–Trinajstić information content (AvgIpc) is 2.36. The molecular formula is C13H15ClN2O3. The summed E-state index contributed by atoms with van der Waals surface area (Å²) in [6.07, 6.45) is 3.82. The van der Waals surface area contributed by atoms with Gasteiger partial charge in [-0.1, -0.05) is 18.0 Å². The van der Waals surface area contributed by atoms with E-state index < -0.39 is 11.7 Å². The minimum atomic E-state index is -0.793. The van der Waals surface area contributed by atoms with Gasteiger partial charge in [-0.3, -0.25) is 5.32 Å². The fourth-order valence-corrected chi connectivity index (χ4v) is 3.32. The van der Waals surface area contributed by atoms with E-state index in [2.05, 4.69) is 5.32 Å². The van der Waals surface area contributed by atoms with Crippen molar-refractivity contribution in [1.29, 1.82) is 0 Å². The second-order valence-corrected chi connectivity index (χ2v) is 5.52. The highest BCUT2D eigenvalue weighted by atomic mass is 35.5. The minimum absolute atomic E-state index is 0.0405. The number of carbonyl (C=O) groups is 1. The van der Waals surface area contributed by atoms with Gasteiger partial charge in [-0.25, -0.2) is 4.79 Å². The minimum Gasteiger partial charge on any atom is -0.505 e. The van der Waals surface area contributed by atoms with Crippen molar-refractivity contribution in [2.45, 2.75) is 37.7 Å². The molecule has 3 rings (SSSR count). The van der Waals surface area contributed by atoms with Crippen molar-refractivity contribution in [3.63, 3.8) is 0 Å². The first-order valence-electron chi connectivity index (χ1n) is 6.35. The van der Waals surface area contributed by atoms with E-state index in [4.69, 9.17) is 22.1 Å². The van der Waals surface area contributed by atoms with Crippen LogP contribution in [0.4, 0.5) is 16.2 Å². The lowest BCUT2D eigenvalue weighted by Crippen LogP contribution is -2.41. The molecule has 102 valence electrons. The lowest BCUT2D eigenvalue weighted by molar-refractivity contribution is -0.0193. The summed E-state index contributed by atoms with van der Waals surface area (Å²) in [7, 11) is 0. The molecule has 0 bridgehead atoms. The molecule has 6 heteroatoms. The smallest absolute Gasteiger partial charge is 0.412 e. The molecule has 0 saturated heterocycles. The fourth-order valence-electron chi connectivity index (χ4n) is 3.06. The summed E-state index contributed by atoms with van der Waals surface area (Å²) >= 11 is 6.13. The Kier molecular flexibility index (Phi) is 2.74. The quantitative estimate of drug-likeness (QED) is 0.503. The van der Waals surface area contributed by atoms with Crippen LogP contribution < -0.4 is 11.1 Å². The van der Waals surface area contributed by atoms with E-state index in [-0.39, 0.29) is 11.4 Å². The molecule has 1 aliphatic heterocycles. The normalized spacial score (nSPS) is 20.6. The number of nitrogens with one attached hydrogen (secondary N) is 1. The van der Waals surface area contributed by atoms with Gasteiger partial charge >= 0.3 is 6.09 Å². The maximum Gasteiger partial charge on any atom is 0.412 e. The third-order valence-corrected chi connectivity index (χ3v) is 4.21. The maximum atomic E-state index is 11.7. The van der Waals surface area contributed by atoms with Crippen LogP contribution in [-0.4, -0.2) is 11.2 Å². The zero-order valence-electron chi connectivity index (χ0n) is 10.3. The van der Waals surface area contributed by atoms with Crippen LogP contribution in [0.25, 0.3) is 0 Å². The van der Waals surface area contributed by atoms with E-state index in [9.17, 15) is 9.90 Å². The van der Waals surface area contributed by atoms with Crippen LogP contribution in [0, 0.1) is 0 Å². The molecule has 0 radical (unpaired) electrons. The SMILES string of the molecule is Nc1cc(Cl)c2c(c1O)C1(CCCCC1)OC(=O)N2. The van der Waals surface area contributed by atoms with Crippen LogP contribution in [0.1, 0.15) is 37.7 Å². The highest BCUT2D eigenvalue weighted by molar-refractivity contribution is 6.34. The standard InChI is InChI=1S/C13H15ClN2O3/c14-7-6-8(15)11(17)9-10(7)16-12(18)19-13(9)4-2-1-3-5-13/h6,17H,1-5,15H2,(H,16,18). The summed E-state index contributed by atoms with van der Waals surface area (Å²) < 4.78 is 5.51. The van der Waals surface area contributed by atoms with Crippen LogP contribution in [0.5, 0.6) is 5.75 Å². The Morgan fingerprint density at radius 1 is 1.37 bits per heavy atom. The van der Waals surface area contributed by atoms with Crippen LogP contribution in [0.3, 0.4) is 0 Å². The number of nitrogens with two attached hydrogens (primary N) is 1. The summed E-state index contributed by atoms with van der Waals surface area (Å²) in [5, 5.41) is 13.1. The van der Waals surface area contributed by atoms with Gasteiger partial charge in [0, 0.05) is 0 Å². The maximum absolute atomic E-state index is 11.7. The Balaban J connectivity index is 2.24. The number of aromatic hydroxyl groups is 1. The van der Waals surface area contributed by atoms with Crippen LogP contribution >= 0.6 is 11.6 Å². The van der Waals surface area contributed by atoms with Crippen LogP contribution in [-0.2, 0) is 10.3 Å². The van der Waals surface area contributed by atoms with Crippen molar-refractivity contribution in [3.05, 3.63) is 16.7 Å². The number of benzene rings is 1. The molecule has 0 aromatic heterocycles. The summed E-state index contributed by atoms with van der Waals surface area (Å²) in [6, 6.07) is 1.44. The molecule has 4 N–H and O–H groups in total. The molecule has 1 aromatic rings. The number of anilines is 2. The molecule has 1 fully saturated rings. The third kappa shape index (κ3) is 1.80. The Morgan fingerprint density at radius 2 is 2.05 bits per heavy atom. The summed E-state index contributed by atoms with van der Waals surface area (Å²) in [6.45, 7) is 0. The van der Waals surface area contributed by atoms with E-state index in [0.717, 1.165) is 19.3 Å². The van der Waals surface area contributed by atoms with E-state index in [1.807, 2.05) is 0 Å². The molecule has 1 heterocycles. The van der Waals surface area contributed by atoms with Gasteiger partial charge in [0.1, 0.15) is 11.4 Å². The number of halogens is 1. The van der Waals surface area contributed by atoms with Crippen molar-refractivity contribution in [2.75, 3.05) is 11.1 Å². The Labute approximate surface area is 115 Å². The number of phenols is 1. The number of phenolic OH excluding ortho intramolecular Hbond substituents is 1. The van der Waals surface area contributed by atoms with Gasteiger partial charge in [0.25, 0.3) is 0 Å². The van der Waals surface area contributed by atoms with Crippen molar-refractivity contribution in [1.82, 2.24) is 0 Å². The highest BCUT2D eigenvalue weighted by Crippen LogP contribution is 2.53. The summed E-state index contributed by atoms with van der Waals surface area (Å²) in [5.74, 6) is -0.0405. The zero-order valence-corrected chi connectivity index (χ0v) is 11.1. The van der Waals surface area contributed by atoms with Gasteiger partial charge in [0.2, 0.25) is 0 Å². The summed E-state index contributed by atoms with van der Waals surface area (Å²) in [4.78, 5) is 11.7. The molecule has 5 nitrogen and oxygen atoms in total. The van der Waals surface area contributed by atoms with Crippen LogP contribution in [0.15, 0.2) is 6.07 Å². The van der Waals surface area contributed by atoms with Gasteiger partial charge in [0.15, 0.2) is 0 Å². The van der Waals surface area contributed by atoms with E-state index in [1.165, 1.54) is 6.07 Å². The molecule has 0 atom stereocenters.